The molecule has 0 fully saturated rings. The summed E-state index contributed by atoms with van der Waals surface area (Å²) < 4.78 is 0. The summed E-state index contributed by atoms with van der Waals surface area (Å²) in [6.07, 6.45) is 1.56. The average Bonchev–Trinajstić information content (AvgIpc) is 2.36. The molecule has 0 saturated carbocycles. The molecule has 1 heterocycles. The Morgan fingerprint density at radius 1 is 1.47 bits per heavy atom. The van der Waals surface area contributed by atoms with Crippen molar-refractivity contribution in [2.75, 3.05) is 31.6 Å². The molecule has 5 heteroatoms. The number of hydrogen-bond acceptors (Lipinski definition) is 4. The number of nitrogens with one attached hydrogen (secondary N) is 1. The summed E-state index contributed by atoms with van der Waals surface area (Å²) in [4.78, 5) is 17.7. The van der Waals surface area contributed by atoms with Crippen LogP contribution < -0.4 is 5.32 Å². The van der Waals surface area contributed by atoms with Gasteiger partial charge in [0, 0.05) is 25.8 Å². The van der Waals surface area contributed by atoms with Gasteiger partial charge in [0.05, 0.1) is 12.2 Å². The Morgan fingerprint density at radius 2 is 2.24 bits per heavy atom. The maximum absolute atomic E-state index is 12.0. The maximum atomic E-state index is 12.0. The number of aliphatic hydroxyl groups excluding tert-OH is 1. The standard InChI is InChI=1S/C12H19N3O2/c1-3-13-11-6-5-10(9-14-11)12(17)15(4-2)7-8-16/h5-6,9,16H,3-4,7-8H2,1-2H3,(H,13,14). The van der Waals surface area contributed by atoms with Crippen molar-refractivity contribution in [2.45, 2.75) is 13.8 Å². The van der Waals surface area contributed by atoms with Crippen molar-refractivity contribution >= 4 is 11.7 Å². The fraction of sp³-hybridized carbons (Fsp3) is 0.500. The highest BCUT2D eigenvalue weighted by molar-refractivity contribution is 5.94. The molecule has 0 unspecified atom stereocenters. The molecule has 0 aromatic carbocycles. The first-order chi connectivity index (χ1) is 8.22. The molecule has 0 spiro atoms. The lowest BCUT2D eigenvalue weighted by Gasteiger charge is -2.19. The minimum atomic E-state index is -0.0999. The zero-order chi connectivity index (χ0) is 12.7. The van der Waals surface area contributed by atoms with Crippen LogP contribution in [0.1, 0.15) is 24.2 Å². The summed E-state index contributed by atoms with van der Waals surface area (Å²) in [5.74, 6) is 0.659. The van der Waals surface area contributed by atoms with Gasteiger partial charge in [-0.25, -0.2) is 4.98 Å². The lowest BCUT2D eigenvalue weighted by molar-refractivity contribution is 0.0731. The first-order valence-corrected chi connectivity index (χ1v) is 5.83. The van der Waals surface area contributed by atoms with E-state index in [0.29, 0.717) is 18.7 Å². The topological polar surface area (TPSA) is 65.5 Å². The van der Waals surface area contributed by atoms with E-state index in [1.165, 1.54) is 0 Å². The first-order valence-electron chi connectivity index (χ1n) is 5.83. The fourth-order valence-corrected chi connectivity index (χ4v) is 1.51. The number of anilines is 1. The van der Waals surface area contributed by atoms with E-state index in [-0.39, 0.29) is 12.5 Å². The van der Waals surface area contributed by atoms with Crippen LogP contribution in [-0.2, 0) is 0 Å². The van der Waals surface area contributed by atoms with Gasteiger partial charge in [-0.1, -0.05) is 0 Å². The van der Waals surface area contributed by atoms with Crippen molar-refractivity contribution in [1.82, 2.24) is 9.88 Å². The molecule has 1 aromatic rings. The second-order valence-electron chi connectivity index (χ2n) is 3.57. The average molecular weight is 237 g/mol. The molecule has 0 aliphatic carbocycles. The van der Waals surface area contributed by atoms with Gasteiger partial charge < -0.3 is 15.3 Å². The maximum Gasteiger partial charge on any atom is 0.255 e. The lowest BCUT2D eigenvalue weighted by atomic mass is 10.2. The van der Waals surface area contributed by atoms with Crippen LogP contribution in [0.15, 0.2) is 18.3 Å². The summed E-state index contributed by atoms with van der Waals surface area (Å²) in [7, 11) is 0. The number of hydrogen-bond donors (Lipinski definition) is 2. The van der Waals surface area contributed by atoms with Crippen molar-refractivity contribution in [3.8, 4) is 0 Å². The van der Waals surface area contributed by atoms with E-state index in [2.05, 4.69) is 10.3 Å². The highest BCUT2D eigenvalue weighted by atomic mass is 16.3. The summed E-state index contributed by atoms with van der Waals surface area (Å²) >= 11 is 0. The Kier molecular flexibility index (Phi) is 5.42. The van der Waals surface area contributed by atoms with E-state index in [0.717, 1.165) is 12.4 Å². The van der Waals surface area contributed by atoms with Crippen LogP contribution in [0.2, 0.25) is 0 Å². The lowest BCUT2D eigenvalue weighted by Crippen LogP contribution is -2.33. The quantitative estimate of drug-likeness (QED) is 0.773. The zero-order valence-electron chi connectivity index (χ0n) is 10.3. The molecular weight excluding hydrogens is 218 g/mol. The number of amides is 1. The van der Waals surface area contributed by atoms with E-state index in [9.17, 15) is 4.79 Å². The second-order valence-corrected chi connectivity index (χ2v) is 3.57. The Morgan fingerprint density at radius 3 is 2.71 bits per heavy atom. The molecule has 0 saturated heterocycles. The fourth-order valence-electron chi connectivity index (χ4n) is 1.51. The van der Waals surface area contributed by atoms with Crippen LogP contribution in [0.5, 0.6) is 0 Å². The van der Waals surface area contributed by atoms with E-state index >= 15 is 0 Å². The molecule has 17 heavy (non-hydrogen) atoms. The third-order valence-electron chi connectivity index (χ3n) is 2.41. The molecule has 94 valence electrons. The van der Waals surface area contributed by atoms with Crippen molar-refractivity contribution in [3.05, 3.63) is 23.9 Å². The van der Waals surface area contributed by atoms with Gasteiger partial charge in [-0.15, -0.1) is 0 Å². The molecular formula is C12H19N3O2. The largest absolute Gasteiger partial charge is 0.395 e. The van der Waals surface area contributed by atoms with E-state index in [4.69, 9.17) is 5.11 Å². The monoisotopic (exact) mass is 237 g/mol. The molecule has 1 amide bonds. The molecule has 0 aliphatic rings. The Hall–Kier alpha value is -1.62. The molecule has 5 nitrogen and oxygen atoms in total. The van der Waals surface area contributed by atoms with E-state index < -0.39 is 0 Å². The number of likely N-dealkylation sites (N-methyl/N-ethyl adjacent to an activating group) is 1. The van der Waals surface area contributed by atoms with Gasteiger partial charge in [0.25, 0.3) is 5.91 Å². The third kappa shape index (κ3) is 3.71. The Labute approximate surface area is 101 Å². The minimum Gasteiger partial charge on any atom is -0.395 e. The van der Waals surface area contributed by atoms with Crippen LogP contribution in [0.4, 0.5) is 5.82 Å². The predicted molar refractivity (Wildman–Crippen MR) is 67.1 cm³/mol. The number of carbonyl (C=O) groups is 1. The molecule has 0 bridgehead atoms. The van der Waals surface area contributed by atoms with Crippen LogP contribution in [0.25, 0.3) is 0 Å². The second kappa shape index (κ2) is 6.85. The first kappa shape index (κ1) is 13.4. The molecule has 1 rings (SSSR count). The highest BCUT2D eigenvalue weighted by Gasteiger charge is 2.13. The van der Waals surface area contributed by atoms with Gasteiger partial charge in [-0.2, -0.15) is 0 Å². The van der Waals surface area contributed by atoms with Gasteiger partial charge in [0.2, 0.25) is 0 Å². The Balaban J connectivity index is 2.74. The summed E-state index contributed by atoms with van der Waals surface area (Å²) in [5.41, 5.74) is 0.543. The third-order valence-corrected chi connectivity index (χ3v) is 2.41. The van der Waals surface area contributed by atoms with Crippen LogP contribution in [0.3, 0.4) is 0 Å². The van der Waals surface area contributed by atoms with E-state index in [1.54, 1.807) is 23.2 Å². The minimum absolute atomic E-state index is 0.0253. The molecule has 0 atom stereocenters. The van der Waals surface area contributed by atoms with Crippen LogP contribution in [0, 0.1) is 0 Å². The molecule has 0 radical (unpaired) electrons. The smallest absolute Gasteiger partial charge is 0.255 e. The van der Waals surface area contributed by atoms with E-state index in [1.807, 2.05) is 13.8 Å². The number of aliphatic hydroxyl groups is 1. The highest BCUT2D eigenvalue weighted by Crippen LogP contribution is 2.07. The van der Waals surface area contributed by atoms with Crippen LogP contribution >= 0.6 is 0 Å². The Bertz CT molecular complexity index is 351. The molecule has 2 N–H and O–H groups in total. The normalized spacial score (nSPS) is 10.1. The predicted octanol–water partition coefficient (Wildman–Crippen LogP) is 0.968. The number of pyridine rings is 1. The van der Waals surface area contributed by atoms with Gasteiger partial charge in [0.15, 0.2) is 0 Å². The van der Waals surface area contributed by atoms with Crippen molar-refractivity contribution in [1.29, 1.82) is 0 Å². The van der Waals surface area contributed by atoms with Crippen molar-refractivity contribution in [2.24, 2.45) is 0 Å². The summed E-state index contributed by atoms with van der Waals surface area (Å²) in [6, 6.07) is 3.52. The van der Waals surface area contributed by atoms with Crippen LogP contribution in [-0.4, -0.2) is 47.1 Å². The summed E-state index contributed by atoms with van der Waals surface area (Å²) in [5, 5.41) is 11.9. The van der Waals surface area contributed by atoms with Gasteiger partial charge in [-0.05, 0) is 26.0 Å². The van der Waals surface area contributed by atoms with Gasteiger partial charge in [0.1, 0.15) is 5.82 Å². The number of aromatic nitrogens is 1. The zero-order valence-corrected chi connectivity index (χ0v) is 10.3. The molecule has 1 aromatic heterocycles. The van der Waals surface area contributed by atoms with Crippen molar-refractivity contribution < 1.29 is 9.90 Å². The number of nitrogens with zero attached hydrogens (tertiary/aromatic N) is 2. The number of rotatable bonds is 6. The van der Waals surface area contributed by atoms with Gasteiger partial charge >= 0.3 is 0 Å². The number of carbonyl (C=O) groups excluding carboxylic acids is 1. The van der Waals surface area contributed by atoms with Crippen molar-refractivity contribution in [3.63, 3.8) is 0 Å². The SMILES string of the molecule is CCNc1ccc(C(=O)N(CC)CCO)cn1. The summed E-state index contributed by atoms with van der Waals surface area (Å²) in [6.45, 7) is 5.57. The van der Waals surface area contributed by atoms with Gasteiger partial charge in [-0.3, -0.25) is 4.79 Å². The molecule has 0 aliphatic heterocycles.